The van der Waals surface area contributed by atoms with Crippen LogP contribution >= 0.6 is 0 Å². The fraction of sp³-hybridized carbons (Fsp3) is 0.250. The van der Waals surface area contributed by atoms with Crippen LogP contribution in [0.15, 0.2) is 42.5 Å². The Morgan fingerprint density at radius 2 is 1.85 bits per heavy atom. The highest BCUT2D eigenvalue weighted by Gasteiger charge is 2.06. The van der Waals surface area contributed by atoms with Gasteiger partial charge in [0.2, 0.25) is 0 Å². The number of benzene rings is 2. The number of carbonyl (C=O) groups is 2. The van der Waals surface area contributed by atoms with Crippen molar-refractivity contribution in [2.45, 2.75) is 12.8 Å². The second-order valence-electron chi connectivity index (χ2n) is 4.50. The van der Waals surface area contributed by atoms with Crippen molar-refractivity contribution in [3.63, 3.8) is 0 Å². The molecule has 4 nitrogen and oxygen atoms in total. The zero-order valence-electron chi connectivity index (χ0n) is 11.4. The van der Waals surface area contributed by atoms with E-state index in [4.69, 9.17) is 0 Å². The summed E-state index contributed by atoms with van der Waals surface area (Å²) in [5.74, 6) is -0.384. The van der Waals surface area contributed by atoms with Crippen LogP contribution in [-0.4, -0.2) is 25.5 Å². The van der Waals surface area contributed by atoms with Crippen molar-refractivity contribution in [3.05, 3.63) is 48.0 Å². The maximum Gasteiger partial charge on any atom is 0.305 e. The summed E-state index contributed by atoms with van der Waals surface area (Å²) in [7, 11) is 1.36. The van der Waals surface area contributed by atoms with Gasteiger partial charge >= 0.3 is 5.97 Å². The molecule has 0 bridgehead atoms. The van der Waals surface area contributed by atoms with Crippen molar-refractivity contribution in [2.75, 3.05) is 13.7 Å². The van der Waals surface area contributed by atoms with Gasteiger partial charge in [0, 0.05) is 18.5 Å². The van der Waals surface area contributed by atoms with Gasteiger partial charge in [0.15, 0.2) is 0 Å². The fourth-order valence-electron chi connectivity index (χ4n) is 1.97. The van der Waals surface area contributed by atoms with Crippen molar-refractivity contribution in [2.24, 2.45) is 0 Å². The van der Waals surface area contributed by atoms with Crippen LogP contribution in [0.1, 0.15) is 23.2 Å². The zero-order chi connectivity index (χ0) is 14.4. The van der Waals surface area contributed by atoms with Crippen LogP contribution in [0.3, 0.4) is 0 Å². The third-order valence-electron chi connectivity index (χ3n) is 3.08. The van der Waals surface area contributed by atoms with Gasteiger partial charge in [0.25, 0.3) is 5.91 Å². The Kier molecular flexibility index (Phi) is 4.71. The van der Waals surface area contributed by atoms with E-state index in [1.807, 2.05) is 36.4 Å². The van der Waals surface area contributed by atoms with Gasteiger partial charge in [-0.1, -0.05) is 30.3 Å². The van der Waals surface area contributed by atoms with Crippen LogP contribution in [0.5, 0.6) is 0 Å². The van der Waals surface area contributed by atoms with E-state index < -0.39 is 0 Å². The second-order valence-corrected chi connectivity index (χ2v) is 4.50. The average molecular weight is 271 g/mol. The van der Waals surface area contributed by atoms with Crippen molar-refractivity contribution >= 4 is 22.6 Å². The van der Waals surface area contributed by atoms with Crippen LogP contribution in [0.2, 0.25) is 0 Å². The lowest BCUT2D eigenvalue weighted by molar-refractivity contribution is -0.140. The molecule has 0 atom stereocenters. The predicted octanol–water partition coefficient (Wildman–Crippen LogP) is 2.52. The Labute approximate surface area is 117 Å². The molecule has 0 aromatic heterocycles. The second kappa shape index (κ2) is 6.70. The maximum atomic E-state index is 12.0. The Hall–Kier alpha value is -2.36. The molecule has 0 unspecified atom stereocenters. The minimum atomic E-state index is -0.259. The first-order chi connectivity index (χ1) is 9.70. The number of ether oxygens (including phenoxy) is 1. The van der Waals surface area contributed by atoms with Gasteiger partial charge in [-0.3, -0.25) is 9.59 Å². The van der Waals surface area contributed by atoms with Crippen LogP contribution in [0, 0.1) is 0 Å². The van der Waals surface area contributed by atoms with E-state index >= 15 is 0 Å². The largest absolute Gasteiger partial charge is 0.469 e. The van der Waals surface area contributed by atoms with Gasteiger partial charge in [0.05, 0.1) is 7.11 Å². The van der Waals surface area contributed by atoms with E-state index in [2.05, 4.69) is 10.1 Å². The fourth-order valence-corrected chi connectivity index (χ4v) is 1.97. The van der Waals surface area contributed by atoms with Gasteiger partial charge in [-0.05, 0) is 29.3 Å². The quantitative estimate of drug-likeness (QED) is 0.671. The van der Waals surface area contributed by atoms with E-state index in [1.54, 1.807) is 6.07 Å². The highest BCUT2D eigenvalue weighted by molar-refractivity contribution is 5.98. The van der Waals surface area contributed by atoms with E-state index in [-0.39, 0.29) is 11.9 Å². The van der Waals surface area contributed by atoms with Crippen LogP contribution in [-0.2, 0) is 9.53 Å². The number of hydrogen-bond acceptors (Lipinski definition) is 3. The number of carbonyl (C=O) groups excluding carboxylic acids is 2. The number of fused-ring (bicyclic) bond motifs is 1. The highest BCUT2D eigenvalue weighted by atomic mass is 16.5. The zero-order valence-corrected chi connectivity index (χ0v) is 11.4. The number of rotatable bonds is 5. The smallest absolute Gasteiger partial charge is 0.305 e. The van der Waals surface area contributed by atoms with Crippen molar-refractivity contribution in [3.8, 4) is 0 Å². The standard InChI is InChI=1S/C16H17NO3/c1-20-15(18)7-4-10-17-16(19)14-9-8-12-5-2-3-6-13(12)11-14/h2-3,5-6,8-9,11H,4,7,10H2,1H3,(H,17,19). The lowest BCUT2D eigenvalue weighted by Gasteiger charge is -2.06. The summed E-state index contributed by atoms with van der Waals surface area (Å²) in [4.78, 5) is 22.9. The number of methoxy groups -OCH3 is 1. The number of amides is 1. The summed E-state index contributed by atoms with van der Waals surface area (Å²) in [5.41, 5.74) is 0.627. The molecule has 104 valence electrons. The third-order valence-corrected chi connectivity index (χ3v) is 3.08. The van der Waals surface area contributed by atoms with Crippen molar-refractivity contribution in [1.29, 1.82) is 0 Å². The normalized spacial score (nSPS) is 10.2. The van der Waals surface area contributed by atoms with Crippen molar-refractivity contribution in [1.82, 2.24) is 5.32 Å². The molecule has 0 aliphatic heterocycles. The molecule has 1 amide bonds. The minimum absolute atomic E-state index is 0.124. The summed E-state index contributed by atoms with van der Waals surface area (Å²) in [6.07, 6.45) is 0.889. The predicted molar refractivity (Wildman–Crippen MR) is 77.5 cm³/mol. The molecule has 0 spiro atoms. The molecule has 0 saturated carbocycles. The van der Waals surface area contributed by atoms with Gasteiger partial charge < -0.3 is 10.1 Å². The van der Waals surface area contributed by atoms with Gasteiger partial charge in [-0.25, -0.2) is 0 Å². The Morgan fingerprint density at radius 3 is 2.60 bits per heavy atom. The van der Waals surface area contributed by atoms with Crippen LogP contribution in [0.4, 0.5) is 0 Å². The molecule has 0 saturated heterocycles. The molecule has 0 radical (unpaired) electrons. The highest BCUT2D eigenvalue weighted by Crippen LogP contribution is 2.15. The Balaban J connectivity index is 1.92. The van der Waals surface area contributed by atoms with E-state index in [9.17, 15) is 9.59 Å². The summed E-state index contributed by atoms with van der Waals surface area (Å²) in [6, 6.07) is 13.5. The summed E-state index contributed by atoms with van der Waals surface area (Å²) < 4.78 is 4.54. The van der Waals surface area contributed by atoms with Crippen molar-refractivity contribution < 1.29 is 14.3 Å². The Morgan fingerprint density at radius 1 is 1.10 bits per heavy atom. The van der Waals surface area contributed by atoms with Gasteiger partial charge in [-0.2, -0.15) is 0 Å². The molecular weight excluding hydrogens is 254 g/mol. The van der Waals surface area contributed by atoms with E-state index in [0.29, 0.717) is 24.9 Å². The van der Waals surface area contributed by atoms with Gasteiger partial charge in [-0.15, -0.1) is 0 Å². The monoisotopic (exact) mass is 271 g/mol. The Bertz CT molecular complexity index is 622. The first-order valence-corrected chi connectivity index (χ1v) is 6.54. The van der Waals surface area contributed by atoms with Crippen LogP contribution in [0.25, 0.3) is 10.8 Å². The van der Waals surface area contributed by atoms with E-state index in [1.165, 1.54) is 7.11 Å². The lowest BCUT2D eigenvalue weighted by atomic mass is 10.1. The molecule has 0 fully saturated rings. The average Bonchev–Trinajstić information content (AvgIpc) is 2.50. The van der Waals surface area contributed by atoms with Crippen LogP contribution < -0.4 is 5.32 Å². The summed E-state index contributed by atoms with van der Waals surface area (Å²) in [6.45, 7) is 0.459. The van der Waals surface area contributed by atoms with Gasteiger partial charge in [0.1, 0.15) is 0 Å². The third kappa shape index (κ3) is 3.57. The molecular formula is C16H17NO3. The topological polar surface area (TPSA) is 55.4 Å². The molecule has 2 rings (SSSR count). The minimum Gasteiger partial charge on any atom is -0.469 e. The first-order valence-electron chi connectivity index (χ1n) is 6.54. The molecule has 20 heavy (non-hydrogen) atoms. The molecule has 0 heterocycles. The number of hydrogen-bond donors (Lipinski definition) is 1. The summed E-state index contributed by atoms with van der Waals surface area (Å²) >= 11 is 0. The molecule has 0 aliphatic rings. The summed E-state index contributed by atoms with van der Waals surface area (Å²) in [5, 5.41) is 4.94. The maximum absolute atomic E-state index is 12.0. The molecule has 0 aliphatic carbocycles. The first kappa shape index (κ1) is 14.1. The molecule has 1 N–H and O–H groups in total. The molecule has 2 aromatic carbocycles. The number of nitrogens with one attached hydrogen (secondary N) is 1. The SMILES string of the molecule is COC(=O)CCCNC(=O)c1ccc2ccccc2c1. The lowest BCUT2D eigenvalue weighted by Crippen LogP contribution is -2.24. The molecule has 2 aromatic rings. The number of esters is 1. The molecule has 4 heteroatoms. The van der Waals surface area contributed by atoms with E-state index in [0.717, 1.165) is 10.8 Å².